The number of nitro benzene ring substituents is 1. The number of nitrogens with zero attached hydrogens (tertiary/aromatic N) is 2. The maximum Gasteiger partial charge on any atom is 0.272 e. The van der Waals surface area contributed by atoms with Crippen molar-refractivity contribution in [2.24, 2.45) is 0 Å². The first-order valence-corrected chi connectivity index (χ1v) is 7.79. The summed E-state index contributed by atoms with van der Waals surface area (Å²) in [5.74, 6) is 0. The number of hydrogen-bond acceptors (Lipinski definition) is 6. The molecule has 1 aromatic heterocycles. The fourth-order valence-electron chi connectivity index (χ4n) is 2.08. The van der Waals surface area contributed by atoms with Crippen molar-refractivity contribution in [3.8, 4) is 11.3 Å². The number of hydrogen-bond donors (Lipinski definition) is 2. The first-order valence-electron chi connectivity index (χ1n) is 6.91. The van der Waals surface area contributed by atoms with Crippen molar-refractivity contribution in [3.05, 3.63) is 69.6 Å². The SMILES string of the molecule is Cc1ccc(-c2csc(NNc3ccccc3)n2)cc1[N+](=O)[O-]. The van der Waals surface area contributed by atoms with Gasteiger partial charge in [-0.25, -0.2) is 4.98 Å². The van der Waals surface area contributed by atoms with Gasteiger partial charge in [0.1, 0.15) is 0 Å². The Balaban J connectivity index is 1.77. The van der Waals surface area contributed by atoms with Crippen LogP contribution in [0, 0.1) is 17.0 Å². The summed E-state index contributed by atoms with van der Waals surface area (Å²) in [6.07, 6.45) is 0. The van der Waals surface area contributed by atoms with Crippen molar-refractivity contribution in [1.82, 2.24) is 4.98 Å². The number of anilines is 2. The Morgan fingerprint density at radius 2 is 1.91 bits per heavy atom. The van der Waals surface area contributed by atoms with E-state index in [0.29, 0.717) is 16.4 Å². The Morgan fingerprint density at radius 3 is 2.65 bits per heavy atom. The fraction of sp³-hybridized carbons (Fsp3) is 0.0625. The van der Waals surface area contributed by atoms with E-state index in [9.17, 15) is 10.1 Å². The molecule has 0 bridgehead atoms. The average molecular weight is 326 g/mol. The largest absolute Gasteiger partial charge is 0.299 e. The number of hydrazine groups is 1. The van der Waals surface area contributed by atoms with Crippen LogP contribution in [0.3, 0.4) is 0 Å². The standard InChI is InChI=1S/C16H14N4O2S/c1-11-7-8-12(9-15(11)20(21)22)14-10-23-16(17-14)19-18-13-5-3-2-4-6-13/h2-10,18H,1H3,(H,17,19). The molecule has 0 spiro atoms. The zero-order valence-electron chi connectivity index (χ0n) is 12.3. The minimum Gasteiger partial charge on any atom is -0.299 e. The number of thiazole rings is 1. The predicted molar refractivity (Wildman–Crippen MR) is 92.6 cm³/mol. The van der Waals surface area contributed by atoms with E-state index in [0.717, 1.165) is 11.3 Å². The van der Waals surface area contributed by atoms with E-state index in [1.807, 2.05) is 41.8 Å². The van der Waals surface area contributed by atoms with Gasteiger partial charge in [-0.1, -0.05) is 30.3 Å². The molecule has 3 rings (SSSR count). The third-order valence-electron chi connectivity index (χ3n) is 3.29. The molecule has 2 N–H and O–H groups in total. The molecule has 3 aromatic rings. The summed E-state index contributed by atoms with van der Waals surface area (Å²) in [6.45, 7) is 1.72. The molecule has 6 nitrogen and oxygen atoms in total. The van der Waals surface area contributed by atoms with Crippen LogP contribution in [0.1, 0.15) is 5.56 Å². The molecular weight excluding hydrogens is 312 g/mol. The summed E-state index contributed by atoms with van der Waals surface area (Å²) >= 11 is 1.43. The lowest BCUT2D eigenvalue weighted by Gasteiger charge is -2.05. The molecule has 0 radical (unpaired) electrons. The molecule has 0 unspecified atom stereocenters. The van der Waals surface area contributed by atoms with Crippen LogP contribution in [0.25, 0.3) is 11.3 Å². The second-order valence-corrected chi connectivity index (χ2v) is 5.77. The van der Waals surface area contributed by atoms with Gasteiger partial charge in [-0.3, -0.25) is 21.0 Å². The zero-order chi connectivity index (χ0) is 16.2. The average Bonchev–Trinajstić information content (AvgIpc) is 3.03. The summed E-state index contributed by atoms with van der Waals surface area (Å²) in [5.41, 5.74) is 9.18. The van der Waals surface area contributed by atoms with Gasteiger partial charge < -0.3 is 0 Å². The highest BCUT2D eigenvalue weighted by atomic mass is 32.1. The van der Waals surface area contributed by atoms with E-state index in [-0.39, 0.29) is 10.6 Å². The summed E-state index contributed by atoms with van der Waals surface area (Å²) in [6, 6.07) is 14.8. The topological polar surface area (TPSA) is 80.1 Å². The van der Waals surface area contributed by atoms with Gasteiger partial charge in [0.25, 0.3) is 5.69 Å². The highest BCUT2D eigenvalue weighted by molar-refractivity contribution is 7.14. The smallest absolute Gasteiger partial charge is 0.272 e. The van der Waals surface area contributed by atoms with Crippen LogP contribution in [0.5, 0.6) is 0 Å². The van der Waals surface area contributed by atoms with Crippen molar-refractivity contribution >= 4 is 27.8 Å². The van der Waals surface area contributed by atoms with Gasteiger partial charge >= 0.3 is 0 Å². The van der Waals surface area contributed by atoms with Crippen molar-refractivity contribution in [2.75, 3.05) is 10.9 Å². The summed E-state index contributed by atoms with van der Waals surface area (Å²) in [5, 5.41) is 13.6. The molecule has 0 fully saturated rings. The van der Waals surface area contributed by atoms with E-state index in [2.05, 4.69) is 15.8 Å². The van der Waals surface area contributed by atoms with Crippen molar-refractivity contribution < 1.29 is 4.92 Å². The molecule has 0 aliphatic rings. The first-order chi connectivity index (χ1) is 11.1. The van der Waals surface area contributed by atoms with E-state index in [1.54, 1.807) is 19.1 Å². The minimum atomic E-state index is -0.374. The van der Waals surface area contributed by atoms with Crippen LogP contribution in [-0.2, 0) is 0 Å². The molecule has 0 amide bonds. The molecule has 7 heteroatoms. The second kappa shape index (κ2) is 6.45. The number of benzene rings is 2. The lowest BCUT2D eigenvalue weighted by Crippen LogP contribution is -2.07. The van der Waals surface area contributed by atoms with Crippen LogP contribution in [0.4, 0.5) is 16.5 Å². The van der Waals surface area contributed by atoms with Crippen molar-refractivity contribution in [3.63, 3.8) is 0 Å². The maximum atomic E-state index is 11.0. The van der Waals surface area contributed by atoms with Crippen LogP contribution in [0.15, 0.2) is 53.9 Å². The number of aryl methyl sites for hydroxylation is 1. The van der Waals surface area contributed by atoms with Gasteiger partial charge in [0.2, 0.25) is 5.13 Å². The number of nitrogens with one attached hydrogen (secondary N) is 2. The quantitative estimate of drug-likeness (QED) is 0.534. The number of aromatic nitrogens is 1. The van der Waals surface area contributed by atoms with Gasteiger partial charge in [0.05, 0.1) is 16.3 Å². The van der Waals surface area contributed by atoms with Gasteiger partial charge in [0.15, 0.2) is 0 Å². The van der Waals surface area contributed by atoms with E-state index >= 15 is 0 Å². The summed E-state index contributed by atoms with van der Waals surface area (Å²) in [4.78, 5) is 15.1. The third-order valence-corrected chi connectivity index (χ3v) is 4.05. The lowest BCUT2D eigenvalue weighted by atomic mass is 10.1. The molecule has 0 aliphatic heterocycles. The minimum absolute atomic E-state index is 0.104. The molecule has 0 aliphatic carbocycles. The van der Waals surface area contributed by atoms with Crippen LogP contribution in [0.2, 0.25) is 0 Å². The van der Waals surface area contributed by atoms with Crippen molar-refractivity contribution in [1.29, 1.82) is 0 Å². The number of nitro groups is 1. The lowest BCUT2D eigenvalue weighted by molar-refractivity contribution is -0.385. The Labute approximate surface area is 136 Å². The maximum absolute atomic E-state index is 11.0. The molecule has 0 saturated heterocycles. The highest BCUT2D eigenvalue weighted by Gasteiger charge is 2.13. The predicted octanol–water partition coefficient (Wildman–Crippen LogP) is 4.47. The Morgan fingerprint density at radius 1 is 1.13 bits per heavy atom. The molecule has 0 atom stereocenters. The summed E-state index contributed by atoms with van der Waals surface area (Å²) in [7, 11) is 0. The molecular formula is C16H14N4O2S. The normalized spacial score (nSPS) is 10.3. The Kier molecular flexibility index (Phi) is 4.20. The van der Waals surface area contributed by atoms with Gasteiger partial charge in [-0.05, 0) is 19.1 Å². The highest BCUT2D eigenvalue weighted by Crippen LogP contribution is 2.29. The zero-order valence-corrected chi connectivity index (χ0v) is 13.1. The van der Waals surface area contributed by atoms with Crippen LogP contribution >= 0.6 is 11.3 Å². The first kappa shape index (κ1) is 15.0. The van der Waals surface area contributed by atoms with Crippen LogP contribution in [-0.4, -0.2) is 9.91 Å². The molecule has 23 heavy (non-hydrogen) atoms. The van der Waals surface area contributed by atoms with Gasteiger partial charge in [0, 0.05) is 22.6 Å². The van der Waals surface area contributed by atoms with Crippen LogP contribution < -0.4 is 10.9 Å². The number of para-hydroxylation sites is 1. The Bertz CT molecular complexity index is 833. The Hall–Kier alpha value is -2.93. The second-order valence-electron chi connectivity index (χ2n) is 4.91. The van der Waals surface area contributed by atoms with Gasteiger partial charge in [-0.2, -0.15) is 0 Å². The van der Waals surface area contributed by atoms with Gasteiger partial charge in [-0.15, -0.1) is 11.3 Å². The molecule has 1 heterocycles. The molecule has 2 aromatic carbocycles. The van der Waals surface area contributed by atoms with Crippen molar-refractivity contribution in [2.45, 2.75) is 6.92 Å². The van der Waals surface area contributed by atoms with E-state index in [1.165, 1.54) is 11.3 Å². The van der Waals surface area contributed by atoms with E-state index in [4.69, 9.17) is 0 Å². The monoisotopic (exact) mass is 326 g/mol. The van der Waals surface area contributed by atoms with E-state index < -0.39 is 0 Å². The summed E-state index contributed by atoms with van der Waals surface area (Å²) < 4.78 is 0. The molecule has 116 valence electrons. The third kappa shape index (κ3) is 3.46. The fourth-order valence-corrected chi connectivity index (χ4v) is 2.75. The number of rotatable bonds is 5. The molecule has 0 saturated carbocycles.